The van der Waals surface area contributed by atoms with Gasteiger partial charge in [-0.25, -0.2) is 4.39 Å². The van der Waals surface area contributed by atoms with Gasteiger partial charge in [0.05, 0.1) is 10.7 Å². The number of phenols is 1. The minimum absolute atomic E-state index is 0.0420. The molecule has 0 heterocycles. The second-order valence-electron chi connectivity index (χ2n) is 4.16. The van der Waals surface area contributed by atoms with Gasteiger partial charge in [0.25, 0.3) is 0 Å². The van der Waals surface area contributed by atoms with Crippen LogP contribution in [0.3, 0.4) is 0 Å². The molecule has 0 aromatic heterocycles. The van der Waals surface area contributed by atoms with Crippen molar-refractivity contribution < 1.29 is 14.3 Å². The van der Waals surface area contributed by atoms with Gasteiger partial charge in [-0.3, -0.25) is 4.79 Å². The molecule has 0 aliphatic heterocycles. The maximum atomic E-state index is 12.7. The van der Waals surface area contributed by atoms with Gasteiger partial charge in [-0.2, -0.15) is 0 Å². The summed E-state index contributed by atoms with van der Waals surface area (Å²) in [7, 11) is 0. The van der Waals surface area contributed by atoms with E-state index in [2.05, 4.69) is 5.32 Å². The fourth-order valence-electron chi connectivity index (χ4n) is 1.58. The zero-order valence-corrected chi connectivity index (χ0v) is 12.1. The molecule has 0 radical (unpaired) electrons. The molecule has 6 heteroatoms. The fraction of sp³-hybridized carbons (Fsp3) is 0. The summed E-state index contributed by atoms with van der Waals surface area (Å²) in [6.07, 6.45) is 2.76. The summed E-state index contributed by atoms with van der Waals surface area (Å²) in [6, 6.07) is 8.40. The molecule has 0 unspecified atom stereocenters. The average molecular weight is 326 g/mol. The first kappa shape index (κ1) is 15.4. The van der Waals surface area contributed by atoms with Crippen molar-refractivity contribution in [1.82, 2.24) is 0 Å². The van der Waals surface area contributed by atoms with Crippen molar-refractivity contribution in [3.8, 4) is 5.75 Å². The van der Waals surface area contributed by atoms with Crippen molar-refractivity contribution in [3.63, 3.8) is 0 Å². The standard InChI is InChI=1S/C15H10Cl2FNO2/c16-10-7-12(17)15(21)13(8-10)19-14(20)6-3-9-1-4-11(18)5-2-9/h1-8,21H,(H,19,20)/b6-3+. The Hall–Kier alpha value is -2.04. The molecule has 21 heavy (non-hydrogen) atoms. The largest absolute Gasteiger partial charge is 0.504 e. The van der Waals surface area contributed by atoms with Crippen LogP contribution in [0.25, 0.3) is 6.08 Å². The maximum Gasteiger partial charge on any atom is 0.248 e. The highest BCUT2D eigenvalue weighted by atomic mass is 35.5. The maximum absolute atomic E-state index is 12.7. The topological polar surface area (TPSA) is 49.3 Å². The van der Waals surface area contributed by atoms with Crippen LogP contribution < -0.4 is 5.32 Å². The average Bonchev–Trinajstić information content (AvgIpc) is 2.43. The van der Waals surface area contributed by atoms with E-state index < -0.39 is 5.91 Å². The summed E-state index contributed by atoms with van der Waals surface area (Å²) >= 11 is 11.5. The van der Waals surface area contributed by atoms with Crippen LogP contribution in [0.5, 0.6) is 5.75 Å². The number of halogens is 3. The lowest BCUT2D eigenvalue weighted by molar-refractivity contribution is -0.111. The van der Waals surface area contributed by atoms with E-state index in [1.54, 1.807) is 0 Å². The highest BCUT2D eigenvalue weighted by Gasteiger charge is 2.09. The van der Waals surface area contributed by atoms with Gasteiger partial charge in [0, 0.05) is 11.1 Å². The molecule has 2 aromatic carbocycles. The van der Waals surface area contributed by atoms with Gasteiger partial charge in [0.15, 0.2) is 5.75 Å². The highest BCUT2D eigenvalue weighted by Crippen LogP contribution is 2.34. The van der Waals surface area contributed by atoms with Crippen LogP contribution >= 0.6 is 23.2 Å². The van der Waals surface area contributed by atoms with Crippen LogP contribution in [0.1, 0.15) is 5.56 Å². The number of hydrogen-bond acceptors (Lipinski definition) is 2. The van der Waals surface area contributed by atoms with E-state index in [1.807, 2.05) is 0 Å². The van der Waals surface area contributed by atoms with Gasteiger partial charge >= 0.3 is 0 Å². The molecule has 0 spiro atoms. The number of benzene rings is 2. The van der Waals surface area contributed by atoms with Gasteiger partial charge in [0.1, 0.15) is 5.82 Å². The molecule has 108 valence electrons. The minimum atomic E-state index is -0.479. The molecular weight excluding hydrogens is 316 g/mol. The number of amides is 1. The lowest BCUT2D eigenvalue weighted by Gasteiger charge is -2.07. The van der Waals surface area contributed by atoms with Crippen LogP contribution in [0, 0.1) is 5.82 Å². The number of hydrogen-bond donors (Lipinski definition) is 2. The van der Waals surface area contributed by atoms with Crippen molar-refractivity contribution in [1.29, 1.82) is 0 Å². The van der Waals surface area contributed by atoms with Crippen molar-refractivity contribution in [2.75, 3.05) is 5.32 Å². The summed E-state index contributed by atoms with van der Waals surface area (Å²) in [5, 5.41) is 12.5. The Balaban J connectivity index is 2.10. The summed E-state index contributed by atoms with van der Waals surface area (Å²) in [5.41, 5.74) is 0.779. The Kier molecular flexibility index (Phi) is 4.83. The lowest BCUT2D eigenvalue weighted by atomic mass is 10.2. The van der Waals surface area contributed by atoms with Crippen molar-refractivity contribution in [2.24, 2.45) is 0 Å². The molecule has 0 saturated carbocycles. The zero-order valence-electron chi connectivity index (χ0n) is 10.6. The molecule has 2 N–H and O–H groups in total. The molecule has 0 fully saturated rings. The number of carbonyl (C=O) groups excluding carboxylic acids is 1. The van der Waals surface area contributed by atoms with E-state index >= 15 is 0 Å². The number of phenolic OH excluding ortho intramolecular Hbond substituents is 1. The molecule has 3 nitrogen and oxygen atoms in total. The van der Waals surface area contributed by atoms with E-state index in [0.717, 1.165) is 0 Å². The van der Waals surface area contributed by atoms with Crippen molar-refractivity contribution >= 4 is 40.9 Å². The molecule has 2 aromatic rings. The first-order chi connectivity index (χ1) is 9.95. The molecular formula is C15H10Cl2FNO2. The third-order valence-electron chi connectivity index (χ3n) is 2.58. The van der Waals surface area contributed by atoms with Gasteiger partial charge < -0.3 is 10.4 Å². The normalized spacial score (nSPS) is 10.8. The van der Waals surface area contributed by atoms with Crippen LogP contribution in [0.4, 0.5) is 10.1 Å². The van der Waals surface area contributed by atoms with E-state index in [4.69, 9.17) is 23.2 Å². The van der Waals surface area contributed by atoms with Gasteiger partial charge in [-0.05, 0) is 35.9 Å². The monoisotopic (exact) mass is 325 g/mol. The van der Waals surface area contributed by atoms with Crippen molar-refractivity contribution in [2.45, 2.75) is 0 Å². The Morgan fingerprint density at radius 2 is 1.86 bits per heavy atom. The summed E-state index contributed by atoms with van der Waals surface area (Å²) in [6.45, 7) is 0. The quantitative estimate of drug-likeness (QED) is 0.645. The predicted molar refractivity (Wildman–Crippen MR) is 82.2 cm³/mol. The Labute approximate surface area is 130 Å². The number of rotatable bonds is 3. The van der Waals surface area contributed by atoms with Gasteiger partial charge in [-0.1, -0.05) is 35.3 Å². The van der Waals surface area contributed by atoms with E-state index in [9.17, 15) is 14.3 Å². The zero-order chi connectivity index (χ0) is 15.4. The lowest BCUT2D eigenvalue weighted by Crippen LogP contribution is -2.08. The molecule has 0 saturated heterocycles. The van der Waals surface area contributed by atoms with Gasteiger partial charge in [0.2, 0.25) is 5.91 Å². The number of carbonyl (C=O) groups is 1. The number of anilines is 1. The summed E-state index contributed by atoms with van der Waals surface area (Å²) < 4.78 is 12.7. The minimum Gasteiger partial charge on any atom is -0.504 e. The third kappa shape index (κ3) is 4.21. The first-order valence-corrected chi connectivity index (χ1v) is 6.64. The SMILES string of the molecule is O=C(/C=C/c1ccc(F)cc1)Nc1cc(Cl)cc(Cl)c1O. The van der Waals surface area contributed by atoms with Crippen LogP contribution in [0.15, 0.2) is 42.5 Å². The first-order valence-electron chi connectivity index (χ1n) is 5.88. The predicted octanol–water partition coefficient (Wildman–Crippen LogP) is 4.49. The van der Waals surface area contributed by atoms with Crippen LogP contribution in [0.2, 0.25) is 10.0 Å². The Morgan fingerprint density at radius 3 is 2.52 bits per heavy atom. The van der Waals surface area contributed by atoms with E-state index in [0.29, 0.717) is 5.56 Å². The molecule has 0 aliphatic carbocycles. The van der Waals surface area contributed by atoms with Crippen molar-refractivity contribution in [3.05, 3.63) is 63.9 Å². The summed E-state index contributed by atoms with van der Waals surface area (Å²) in [4.78, 5) is 11.8. The Bertz CT molecular complexity index is 700. The molecule has 1 amide bonds. The van der Waals surface area contributed by atoms with E-state index in [1.165, 1.54) is 48.6 Å². The van der Waals surface area contributed by atoms with E-state index in [-0.39, 0.29) is 27.3 Å². The molecule has 0 aliphatic rings. The molecule has 0 bridgehead atoms. The number of aromatic hydroxyl groups is 1. The Morgan fingerprint density at radius 1 is 1.19 bits per heavy atom. The second-order valence-corrected chi connectivity index (χ2v) is 5.00. The second kappa shape index (κ2) is 6.61. The van der Waals surface area contributed by atoms with Crippen LogP contribution in [-0.4, -0.2) is 11.0 Å². The molecule has 2 rings (SSSR count). The highest BCUT2D eigenvalue weighted by molar-refractivity contribution is 6.36. The van der Waals surface area contributed by atoms with Gasteiger partial charge in [-0.15, -0.1) is 0 Å². The summed E-state index contributed by atoms with van der Waals surface area (Å²) in [5.74, 6) is -1.09. The third-order valence-corrected chi connectivity index (χ3v) is 3.09. The van der Waals surface area contributed by atoms with Crippen LogP contribution in [-0.2, 0) is 4.79 Å². The smallest absolute Gasteiger partial charge is 0.248 e. The number of nitrogens with one attached hydrogen (secondary N) is 1. The molecule has 0 atom stereocenters. The fourth-order valence-corrected chi connectivity index (χ4v) is 2.07.